The molecule has 0 aromatic heterocycles. The van der Waals surface area contributed by atoms with Crippen LogP contribution in [0.4, 0.5) is 0 Å². The molecule has 2 heteroatoms. The molecule has 1 unspecified atom stereocenters. The lowest BCUT2D eigenvalue weighted by molar-refractivity contribution is -0.138. The maximum Gasteiger partial charge on any atom is 0.311 e. The van der Waals surface area contributed by atoms with Gasteiger partial charge in [-0.25, -0.2) is 0 Å². The molecular formula is C19H22O2. The molecule has 0 fully saturated rings. The van der Waals surface area contributed by atoms with Gasteiger partial charge in [-0.2, -0.15) is 0 Å². The zero-order chi connectivity index (χ0) is 15.5. The van der Waals surface area contributed by atoms with Gasteiger partial charge in [0.15, 0.2) is 0 Å². The molecule has 2 nitrogen and oxygen atoms in total. The molecule has 0 spiro atoms. The van der Waals surface area contributed by atoms with Crippen molar-refractivity contribution in [2.24, 2.45) is 0 Å². The molecule has 2 aromatic carbocycles. The van der Waals surface area contributed by atoms with Gasteiger partial charge < -0.3 is 5.11 Å². The molecule has 0 bridgehead atoms. The van der Waals surface area contributed by atoms with Crippen LogP contribution < -0.4 is 0 Å². The predicted molar refractivity (Wildman–Crippen MR) is 85.7 cm³/mol. The summed E-state index contributed by atoms with van der Waals surface area (Å²) in [6.45, 7) is 6.52. The summed E-state index contributed by atoms with van der Waals surface area (Å²) in [5.74, 6) is -1.27. The molecule has 0 aliphatic heterocycles. The van der Waals surface area contributed by atoms with E-state index in [4.69, 9.17) is 0 Å². The van der Waals surface area contributed by atoms with Gasteiger partial charge in [-0.3, -0.25) is 4.79 Å². The van der Waals surface area contributed by atoms with Crippen LogP contribution in [-0.4, -0.2) is 11.1 Å². The Morgan fingerprint density at radius 2 is 1.57 bits per heavy atom. The minimum Gasteiger partial charge on any atom is -0.481 e. The Balaban J connectivity index is 2.20. The van der Waals surface area contributed by atoms with Gasteiger partial charge in [-0.05, 0) is 28.5 Å². The van der Waals surface area contributed by atoms with E-state index in [0.29, 0.717) is 6.42 Å². The van der Waals surface area contributed by atoms with Gasteiger partial charge in [-0.15, -0.1) is 0 Å². The quantitative estimate of drug-likeness (QED) is 0.902. The summed E-state index contributed by atoms with van der Waals surface area (Å²) in [4.78, 5) is 11.5. The van der Waals surface area contributed by atoms with Crippen LogP contribution in [0.2, 0.25) is 0 Å². The second-order valence-electron chi connectivity index (χ2n) is 6.45. The SMILES string of the molecule is CC(C)(C)c1ccc(CC(C(=O)O)c2ccccc2)cc1. The van der Waals surface area contributed by atoms with Gasteiger partial charge >= 0.3 is 5.97 Å². The van der Waals surface area contributed by atoms with E-state index in [-0.39, 0.29) is 5.41 Å². The molecular weight excluding hydrogens is 260 g/mol. The number of carboxylic acids is 1. The molecule has 0 saturated heterocycles. The third kappa shape index (κ3) is 3.94. The summed E-state index contributed by atoms with van der Waals surface area (Å²) in [7, 11) is 0. The Hall–Kier alpha value is -2.09. The van der Waals surface area contributed by atoms with Gasteiger partial charge in [0.2, 0.25) is 0 Å². The van der Waals surface area contributed by atoms with Crippen molar-refractivity contribution in [1.29, 1.82) is 0 Å². The number of rotatable bonds is 4. The molecule has 2 rings (SSSR count). The third-order valence-electron chi connectivity index (χ3n) is 3.76. The Bertz CT molecular complexity index is 592. The highest BCUT2D eigenvalue weighted by Gasteiger charge is 2.20. The molecule has 1 atom stereocenters. The predicted octanol–water partition coefficient (Wildman–Crippen LogP) is 4.40. The number of hydrogen-bond acceptors (Lipinski definition) is 1. The first-order chi connectivity index (χ1) is 9.88. The zero-order valence-electron chi connectivity index (χ0n) is 12.8. The Morgan fingerprint density at radius 1 is 1.00 bits per heavy atom. The second-order valence-corrected chi connectivity index (χ2v) is 6.45. The lowest BCUT2D eigenvalue weighted by Crippen LogP contribution is -2.15. The van der Waals surface area contributed by atoms with Crippen LogP contribution in [0.25, 0.3) is 0 Å². The van der Waals surface area contributed by atoms with Gasteiger partial charge in [0, 0.05) is 0 Å². The minimum atomic E-state index is -0.777. The molecule has 0 amide bonds. The van der Waals surface area contributed by atoms with E-state index >= 15 is 0 Å². The van der Waals surface area contributed by atoms with Crippen molar-refractivity contribution in [2.45, 2.75) is 38.5 Å². The van der Waals surface area contributed by atoms with Crippen LogP contribution in [-0.2, 0) is 16.6 Å². The fourth-order valence-corrected chi connectivity index (χ4v) is 2.41. The van der Waals surface area contributed by atoms with Crippen LogP contribution >= 0.6 is 0 Å². The van der Waals surface area contributed by atoms with E-state index < -0.39 is 11.9 Å². The highest BCUT2D eigenvalue weighted by Crippen LogP contribution is 2.25. The number of carbonyl (C=O) groups is 1. The van der Waals surface area contributed by atoms with Gasteiger partial charge in [-0.1, -0.05) is 75.4 Å². The Labute approximate surface area is 126 Å². The van der Waals surface area contributed by atoms with E-state index in [1.165, 1.54) is 5.56 Å². The van der Waals surface area contributed by atoms with Crippen molar-refractivity contribution >= 4 is 5.97 Å². The van der Waals surface area contributed by atoms with E-state index in [1.54, 1.807) is 0 Å². The largest absolute Gasteiger partial charge is 0.481 e. The summed E-state index contributed by atoms with van der Waals surface area (Å²) >= 11 is 0. The molecule has 21 heavy (non-hydrogen) atoms. The molecule has 0 radical (unpaired) electrons. The third-order valence-corrected chi connectivity index (χ3v) is 3.76. The molecule has 0 heterocycles. The van der Waals surface area contributed by atoms with Crippen LogP contribution in [0, 0.1) is 0 Å². The van der Waals surface area contributed by atoms with E-state index in [1.807, 2.05) is 42.5 Å². The molecule has 1 N–H and O–H groups in total. The van der Waals surface area contributed by atoms with E-state index in [0.717, 1.165) is 11.1 Å². The summed E-state index contributed by atoms with van der Waals surface area (Å²) in [6, 6.07) is 17.7. The average Bonchev–Trinajstić information content (AvgIpc) is 2.45. The Morgan fingerprint density at radius 3 is 2.05 bits per heavy atom. The smallest absolute Gasteiger partial charge is 0.311 e. The minimum absolute atomic E-state index is 0.115. The fraction of sp³-hybridized carbons (Fsp3) is 0.316. The van der Waals surface area contributed by atoms with Crippen molar-refractivity contribution in [3.8, 4) is 0 Å². The number of benzene rings is 2. The van der Waals surface area contributed by atoms with Gasteiger partial charge in [0.1, 0.15) is 0 Å². The Kier molecular flexibility index (Phi) is 4.46. The summed E-state index contributed by atoms with van der Waals surface area (Å²) in [5.41, 5.74) is 3.28. The monoisotopic (exact) mass is 282 g/mol. The zero-order valence-corrected chi connectivity index (χ0v) is 12.8. The number of aliphatic carboxylic acids is 1. The van der Waals surface area contributed by atoms with Crippen molar-refractivity contribution in [3.63, 3.8) is 0 Å². The highest BCUT2D eigenvalue weighted by atomic mass is 16.4. The summed E-state index contributed by atoms with van der Waals surface area (Å²) in [6.07, 6.45) is 0.518. The first-order valence-corrected chi connectivity index (χ1v) is 7.25. The maximum atomic E-state index is 11.5. The number of carboxylic acid groups (broad SMARTS) is 1. The molecule has 0 aliphatic rings. The van der Waals surface area contributed by atoms with E-state index in [2.05, 4.69) is 32.9 Å². The first-order valence-electron chi connectivity index (χ1n) is 7.25. The maximum absolute atomic E-state index is 11.5. The van der Waals surface area contributed by atoms with Crippen LogP contribution in [0.5, 0.6) is 0 Å². The lowest BCUT2D eigenvalue weighted by Gasteiger charge is -2.19. The highest BCUT2D eigenvalue weighted by molar-refractivity contribution is 5.76. The van der Waals surface area contributed by atoms with Crippen LogP contribution in [0.15, 0.2) is 54.6 Å². The molecule has 2 aromatic rings. The molecule has 110 valence electrons. The van der Waals surface area contributed by atoms with E-state index in [9.17, 15) is 9.90 Å². The van der Waals surface area contributed by atoms with Crippen LogP contribution in [0.1, 0.15) is 43.4 Å². The van der Waals surface area contributed by atoms with Crippen molar-refractivity contribution in [1.82, 2.24) is 0 Å². The average molecular weight is 282 g/mol. The topological polar surface area (TPSA) is 37.3 Å². The van der Waals surface area contributed by atoms with Gasteiger partial charge in [0.05, 0.1) is 5.92 Å². The molecule has 0 aliphatic carbocycles. The summed E-state index contributed by atoms with van der Waals surface area (Å²) < 4.78 is 0. The standard InChI is InChI=1S/C19H22O2/c1-19(2,3)16-11-9-14(10-12-16)13-17(18(20)21)15-7-5-4-6-8-15/h4-12,17H,13H2,1-3H3,(H,20,21). The lowest BCUT2D eigenvalue weighted by atomic mass is 9.85. The van der Waals surface area contributed by atoms with Crippen molar-refractivity contribution < 1.29 is 9.90 Å². The van der Waals surface area contributed by atoms with Crippen LogP contribution in [0.3, 0.4) is 0 Å². The fourth-order valence-electron chi connectivity index (χ4n) is 2.41. The first kappa shape index (κ1) is 15.3. The summed E-state index contributed by atoms with van der Waals surface area (Å²) in [5, 5.41) is 9.47. The normalized spacial score (nSPS) is 12.9. The molecule has 0 saturated carbocycles. The number of hydrogen-bond donors (Lipinski definition) is 1. The van der Waals surface area contributed by atoms with Crippen molar-refractivity contribution in [2.75, 3.05) is 0 Å². The van der Waals surface area contributed by atoms with Crippen molar-refractivity contribution in [3.05, 3.63) is 71.3 Å². The second kappa shape index (κ2) is 6.13. The van der Waals surface area contributed by atoms with Gasteiger partial charge in [0.25, 0.3) is 0 Å².